The average Bonchev–Trinajstić information content (AvgIpc) is 3.07. The monoisotopic (exact) mass is 437 g/mol. The highest BCUT2D eigenvalue weighted by Crippen LogP contribution is 2.41. The number of carboxylic acid groups (broad SMARTS) is 2. The van der Waals surface area contributed by atoms with E-state index in [4.69, 9.17) is 4.84 Å². The molecule has 1 heterocycles. The van der Waals surface area contributed by atoms with Crippen LogP contribution in [0, 0.1) is 11.2 Å². The highest BCUT2D eigenvalue weighted by molar-refractivity contribution is 9.10. The van der Waals surface area contributed by atoms with Crippen LogP contribution in [0.25, 0.3) is 0 Å². The Balaban J connectivity index is 1.77. The summed E-state index contributed by atoms with van der Waals surface area (Å²) in [6.07, 6.45) is 2.77. The van der Waals surface area contributed by atoms with Gasteiger partial charge < -0.3 is 15.1 Å². The van der Waals surface area contributed by atoms with Gasteiger partial charge in [0.2, 0.25) is 0 Å². The van der Waals surface area contributed by atoms with E-state index in [0.717, 1.165) is 0 Å². The zero-order valence-corrected chi connectivity index (χ0v) is 16.0. The van der Waals surface area contributed by atoms with Gasteiger partial charge in [0.1, 0.15) is 11.9 Å². The third kappa shape index (κ3) is 3.80. The number of oxime groups is 1. The van der Waals surface area contributed by atoms with Crippen molar-refractivity contribution in [2.75, 3.05) is 0 Å². The van der Waals surface area contributed by atoms with Crippen LogP contribution in [0.5, 0.6) is 0 Å². The highest BCUT2D eigenvalue weighted by Gasteiger charge is 2.44. The molecule has 142 valence electrons. The lowest BCUT2D eigenvalue weighted by Gasteiger charge is -2.31. The SMILES string of the molecule is CC1=C(C(=O)O)CC(CC2CC(c3ccc(Br)c(F)c3)=NO2)(C(=O)O)C=C1. The Kier molecular flexibility index (Phi) is 5.19. The Morgan fingerprint density at radius 2 is 2.15 bits per heavy atom. The number of benzene rings is 1. The molecule has 2 N–H and O–H groups in total. The summed E-state index contributed by atoms with van der Waals surface area (Å²) in [7, 11) is 0. The maximum absolute atomic E-state index is 13.7. The van der Waals surface area contributed by atoms with E-state index in [9.17, 15) is 24.2 Å². The molecule has 0 saturated heterocycles. The number of carbonyl (C=O) groups is 2. The zero-order chi connectivity index (χ0) is 19.8. The van der Waals surface area contributed by atoms with Gasteiger partial charge in [-0.3, -0.25) is 4.79 Å². The number of hydrogen-bond donors (Lipinski definition) is 2. The van der Waals surface area contributed by atoms with Crippen LogP contribution in [0.4, 0.5) is 4.39 Å². The molecular formula is C19H17BrFNO5. The van der Waals surface area contributed by atoms with E-state index in [1.165, 1.54) is 18.2 Å². The minimum absolute atomic E-state index is 0.0644. The minimum Gasteiger partial charge on any atom is -0.481 e. The molecule has 0 aromatic heterocycles. The van der Waals surface area contributed by atoms with Crippen molar-refractivity contribution < 1.29 is 29.0 Å². The molecule has 1 aromatic carbocycles. The van der Waals surface area contributed by atoms with Crippen LogP contribution in [0.1, 0.15) is 31.7 Å². The van der Waals surface area contributed by atoms with Crippen LogP contribution in [0.3, 0.4) is 0 Å². The van der Waals surface area contributed by atoms with Crippen molar-refractivity contribution in [2.45, 2.75) is 32.3 Å². The van der Waals surface area contributed by atoms with E-state index in [2.05, 4.69) is 21.1 Å². The van der Waals surface area contributed by atoms with Gasteiger partial charge >= 0.3 is 11.9 Å². The average molecular weight is 438 g/mol. The molecule has 1 aliphatic carbocycles. The van der Waals surface area contributed by atoms with Crippen molar-refractivity contribution in [2.24, 2.45) is 10.6 Å². The Bertz CT molecular complexity index is 907. The quantitative estimate of drug-likeness (QED) is 0.727. The Hall–Kier alpha value is -2.48. The molecule has 0 amide bonds. The summed E-state index contributed by atoms with van der Waals surface area (Å²) in [5.41, 5.74) is 0.317. The fraction of sp³-hybridized carbons (Fsp3) is 0.316. The summed E-state index contributed by atoms with van der Waals surface area (Å²) in [6.45, 7) is 1.64. The summed E-state index contributed by atoms with van der Waals surface area (Å²) >= 11 is 3.09. The lowest BCUT2D eigenvalue weighted by atomic mass is 9.72. The molecule has 1 aromatic rings. The number of halogens is 2. The molecule has 8 heteroatoms. The van der Waals surface area contributed by atoms with Crippen molar-refractivity contribution in [3.8, 4) is 0 Å². The van der Waals surface area contributed by atoms with Gasteiger partial charge in [-0.25, -0.2) is 9.18 Å². The third-order valence-corrected chi connectivity index (χ3v) is 5.53. The number of allylic oxidation sites excluding steroid dienone is 2. The van der Waals surface area contributed by atoms with Gasteiger partial charge in [0.05, 0.1) is 15.6 Å². The van der Waals surface area contributed by atoms with Crippen LogP contribution < -0.4 is 0 Å². The van der Waals surface area contributed by atoms with Crippen molar-refractivity contribution >= 4 is 33.6 Å². The largest absolute Gasteiger partial charge is 0.481 e. The Morgan fingerprint density at radius 1 is 1.41 bits per heavy atom. The van der Waals surface area contributed by atoms with Gasteiger partial charge in [-0.2, -0.15) is 0 Å². The molecule has 2 atom stereocenters. The maximum Gasteiger partial charge on any atom is 0.331 e. The molecule has 0 saturated carbocycles. The number of hydrogen-bond acceptors (Lipinski definition) is 4. The molecule has 0 fully saturated rings. The molecule has 2 unspecified atom stereocenters. The van der Waals surface area contributed by atoms with Crippen molar-refractivity contribution in [1.29, 1.82) is 0 Å². The normalized spacial score (nSPS) is 24.6. The summed E-state index contributed by atoms with van der Waals surface area (Å²) in [5, 5.41) is 23.1. The lowest BCUT2D eigenvalue weighted by molar-refractivity contribution is -0.148. The number of carboxylic acids is 2. The molecule has 3 rings (SSSR count). The van der Waals surface area contributed by atoms with Crippen molar-refractivity contribution in [3.05, 3.63) is 57.4 Å². The summed E-state index contributed by atoms with van der Waals surface area (Å²) in [5.74, 6) is -2.67. The van der Waals surface area contributed by atoms with Gasteiger partial charge in [-0.1, -0.05) is 23.4 Å². The van der Waals surface area contributed by atoms with Gasteiger partial charge in [-0.05, 0) is 47.0 Å². The summed E-state index contributed by atoms with van der Waals surface area (Å²) in [6, 6.07) is 4.59. The highest BCUT2D eigenvalue weighted by atomic mass is 79.9. The minimum atomic E-state index is -1.38. The van der Waals surface area contributed by atoms with Gasteiger partial charge in [0, 0.05) is 24.0 Å². The molecule has 0 radical (unpaired) electrons. The second-order valence-corrected chi connectivity index (χ2v) is 7.59. The van der Waals surface area contributed by atoms with Gasteiger partial charge in [0.25, 0.3) is 0 Å². The predicted molar refractivity (Wildman–Crippen MR) is 98.9 cm³/mol. The van der Waals surface area contributed by atoms with E-state index in [-0.39, 0.29) is 18.4 Å². The Labute approximate surface area is 163 Å². The predicted octanol–water partition coefficient (Wildman–Crippen LogP) is 3.90. The zero-order valence-electron chi connectivity index (χ0n) is 14.4. The fourth-order valence-corrected chi connectivity index (χ4v) is 3.55. The molecular weight excluding hydrogens is 421 g/mol. The first-order valence-corrected chi connectivity index (χ1v) is 9.05. The molecule has 0 spiro atoms. The molecule has 0 bridgehead atoms. The second-order valence-electron chi connectivity index (χ2n) is 6.74. The van der Waals surface area contributed by atoms with Crippen LogP contribution >= 0.6 is 15.9 Å². The van der Waals surface area contributed by atoms with E-state index in [1.54, 1.807) is 19.1 Å². The van der Waals surface area contributed by atoms with E-state index in [0.29, 0.717) is 27.7 Å². The summed E-state index contributed by atoms with van der Waals surface area (Å²) < 4.78 is 14.1. The van der Waals surface area contributed by atoms with Crippen molar-refractivity contribution in [3.63, 3.8) is 0 Å². The first kappa shape index (κ1) is 19.3. The van der Waals surface area contributed by atoms with E-state index in [1.807, 2.05) is 0 Å². The topological polar surface area (TPSA) is 96.2 Å². The second kappa shape index (κ2) is 7.26. The van der Waals surface area contributed by atoms with Crippen LogP contribution in [-0.4, -0.2) is 34.0 Å². The van der Waals surface area contributed by atoms with Crippen LogP contribution in [0.15, 0.2) is 51.1 Å². The number of aliphatic carboxylic acids is 2. The maximum atomic E-state index is 13.7. The Morgan fingerprint density at radius 3 is 2.78 bits per heavy atom. The van der Waals surface area contributed by atoms with E-state index >= 15 is 0 Å². The number of rotatable bonds is 5. The molecule has 2 aliphatic rings. The lowest BCUT2D eigenvalue weighted by Crippen LogP contribution is -2.36. The first-order chi connectivity index (χ1) is 12.7. The third-order valence-electron chi connectivity index (χ3n) is 4.88. The van der Waals surface area contributed by atoms with Gasteiger partial charge in [-0.15, -0.1) is 0 Å². The van der Waals surface area contributed by atoms with E-state index < -0.39 is 29.3 Å². The first-order valence-electron chi connectivity index (χ1n) is 8.25. The molecule has 6 nitrogen and oxygen atoms in total. The smallest absolute Gasteiger partial charge is 0.331 e. The fourth-order valence-electron chi connectivity index (χ4n) is 3.31. The van der Waals surface area contributed by atoms with Crippen LogP contribution in [-0.2, 0) is 14.4 Å². The van der Waals surface area contributed by atoms with Crippen molar-refractivity contribution in [1.82, 2.24) is 0 Å². The molecule has 1 aliphatic heterocycles. The van der Waals surface area contributed by atoms with Crippen LogP contribution in [0.2, 0.25) is 0 Å². The molecule has 27 heavy (non-hydrogen) atoms. The standard InChI is InChI=1S/C19H17BrFNO5/c1-10-4-5-19(18(25)26,9-13(10)17(23)24)8-12-7-16(22-27-12)11-2-3-14(20)15(21)6-11/h2-6,12H,7-9H2,1H3,(H,23,24)(H,25,26). The number of nitrogens with zero attached hydrogens (tertiary/aromatic N) is 1. The van der Waals surface area contributed by atoms with Gasteiger partial charge in [0.15, 0.2) is 0 Å². The summed E-state index contributed by atoms with van der Waals surface area (Å²) in [4.78, 5) is 28.8.